The number of rotatable bonds is 7. The highest BCUT2D eigenvalue weighted by molar-refractivity contribution is 9.11. The lowest BCUT2D eigenvalue weighted by atomic mass is 10.1. The molecule has 2 rings (SSSR count). The molecule has 2 aromatic rings. The monoisotopic (exact) mass is 370 g/mol. The van der Waals surface area contributed by atoms with Crippen LogP contribution in [0.2, 0.25) is 0 Å². The fourth-order valence-corrected chi connectivity index (χ4v) is 3.59. The van der Waals surface area contributed by atoms with Gasteiger partial charge in [-0.2, -0.15) is 0 Å². The number of hydrazine groups is 1. The second-order valence-electron chi connectivity index (χ2n) is 4.31. The fraction of sp³-hybridized carbons (Fsp3) is 0.333. The Bertz CT molecular complexity index is 589. The molecule has 0 amide bonds. The number of thiophene rings is 1. The van der Waals surface area contributed by atoms with Gasteiger partial charge in [0.1, 0.15) is 0 Å². The third-order valence-electron chi connectivity index (χ3n) is 2.95. The molecule has 0 aliphatic heterocycles. The van der Waals surface area contributed by atoms with Gasteiger partial charge in [0.05, 0.1) is 23.0 Å². The van der Waals surface area contributed by atoms with Crippen molar-refractivity contribution in [1.29, 1.82) is 0 Å². The number of ether oxygens (including phenoxy) is 2. The summed E-state index contributed by atoms with van der Waals surface area (Å²) in [6.07, 6.45) is 0. The van der Waals surface area contributed by atoms with E-state index in [-0.39, 0.29) is 6.04 Å². The first kappa shape index (κ1) is 16.3. The van der Waals surface area contributed by atoms with Crippen LogP contribution in [-0.2, 0) is 0 Å². The zero-order valence-electron chi connectivity index (χ0n) is 12.1. The number of benzene rings is 1. The van der Waals surface area contributed by atoms with E-state index in [4.69, 9.17) is 15.3 Å². The van der Waals surface area contributed by atoms with Gasteiger partial charge in [0.2, 0.25) is 0 Å². The molecule has 0 aliphatic rings. The van der Waals surface area contributed by atoms with E-state index in [2.05, 4.69) is 27.4 Å². The number of hydrogen-bond acceptors (Lipinski definition) is 5. The Balaban J connectivity index is 2.35. The zero-order chi connectivity index (χ0) is 15.2. The van der Waals surface area contributed by atoms with Gasteiger partial charge >= 0.3 is 0 Å². The van der Waals surface area contributed by atoms with Crippen molar-refractivity contribution in [2.75, 3.05) is 13.2 Å². The van der Waals surface area contributed by atoms with Gasteiger partial charge in [-0.05, 0) is 59.6 Å². The molecule has 114 valence electrons. The summed E-state index contributed by atoms with van der Waals surface area (Å²) in [7, 11) is 0. The van der Waals surface area contributed by atoms with Crippen molar-refractivity contribution in [2.45, 2.75) is 19.9 Å². The van der Waals surface area contributed by atoms with Gasteiger partial charge in [0.15, 0.2) is 11.5 Å². The fourth-order valence-electron chi connectivity index (χ4n) is 2.07. The molecule has 1 unspecified atom stereocenters. The van der Waals surface area contributed by atoms with Crippen LogP contribution in [-0.4, -0.2) is 13.2 Å². The number of halogens is 1. The lowest BCUT2D eigenvalue weighted by Crippen LogP contribution is -2.28. The molecule has 21 heavy (non-hydrogen) atoms. The Hall–Kier alpha value is -1.08. The zero-order valence-corrected chi connectivity index (χ0v) is 14.5. The first-order valence-corrected chi connectivity index (χ1v) is 8.41. The largest absolute Gasteiger partial charge is 0.490 e. The van der Waals surface area contributed by atoms with Gasteiger partial charge in [0.25, 0.3) is 0 Å². The van der Waals surface area contributed by atoms with E-state index in [9.17, 15) is 0 Å². The summed E-state index contributed by atoms with van der Waals surface area (Å²) in [6, 6.07) is 9.91. The van der Waals surface area contributed by atoms with Crippen molar-refractivity contribution in [3.63, 3.8) is 0 Å². The average molecular weight is 371 g/mol. The normalized spacial score (nSPS) is 12.2. The van der Waals surface area contributed by atoms with Crippen LogP contribution in [0.3, 0.4) is 0 Å². The maximum absolute atomic E-state index is 5.74. The summed E-state index contributed by atoms with van der Waals surface area (Å²) in [5.41, 5.74) is 3.90. The summed E-state index contributed by atoms with van der Waals surface area (Å²) < 4.78 is 12.3. The van der Waals surface area contributed by atoms with Crippen LogP contribution in [0.5, 0.6) is 11.5 Å². The molecule has 0 spiro atoms. The Morgan fingerprint density at radius 2 is 1.86 bits per heavy atom. The molecule has 0 saturated carbocycles. The van der Waals surface area contributed by atoms with Gasteiger partial charge in [-0.25, -0.2) is 5.43 Å². The highest BCUT2D eigenvalue weighted by atomic mass is 79.9. The summed E-state index contributed by atoms with van der Waals surface area (Å²) in [6.45, 7) is 5.11. The molecule has 0 radical (unpaired) electrons. The Labute approximate surface area is 137 Å². The molecular weight excluding hydrogens is 352 g/mol. The van der Waals surface area contributed by atoms with E-state index >= 15 is 0 Å². The quantitative estimate of drug-likeness (QED) is 0.573. The van der Waals surface area contributed by atoms with Crippen LogP contribution >= 0.6 is 27.3 Å². The SMILES string of the molecule is CCOc1ccc(C(NN)c2ccc(Br)s2)cc1OCC. The molecule has 1 heterocycles. The van der Waals surface area contributed by atoms with E-state index in [1.807, 2.05) is 38.1 Å². The minimum Gasteiger partial charge on any atom is -0.490 e. The molecule has 3 N–H and O–H groups in total. The first-order valence-electron chi connectivity index (χ1n) is 6.80. The average Bonchev–Trinajstić information content (AvgIpc) is 2.89. The highest BCUT2D eigenvalue weighted by Crippen LogP contribution is 2.35. The molecule has 0 bridgehead atoms. The highest BCUT2D eigenvalue weighted by Gasteiger charge is 2.17. The summed E-state index contributed by atoms with van der Waals surface area (Å²) >= 11 is 5.13. The molecule has 0 fully saturated rings. The predicted octanol–water partition coefficient (Wildman–Crippen LogP) is 3.86. The number of nitrogens with two attached hydrogens (primary N) is 1. The predicted molar refractivity (Wildman–Crippen MR) is 90.0 cm³/mol. The topological polar surface area (TPSA) is 56.5 Å². The minimum atomic E-state index is -0.0730. The molecule has 1 atom stereocenters. The minimum absolute atomic E-state index is 0.0730. The third kappa shape index (κ3) is 3.97. The molecular formula is C15H19BrN2O2S. The van der Waals surface area contributed by atoms with E-state index in [0.29, 0.717) is 13.2 Å². The van der Waals surface area contributed by atoms with Crippen molar-refractivity contribution in [1.82, 2.24) is 5.43 Å². The summed E-state index contributed by atoms with van der Waals surface area (Å²) in [5.74, 6) is 7.24. The molecule has 6 heteroatoms. The van der Waals surface area contributed by atoms with E-state index < -0.39 is 0 Å². The summed E-state index contributed by atoms with van der Waals surface area (Å²) in [4.78, 5) is 1.14. The lowest BCUT2D eigenvalue weighted by Gasteiger charge is -2.18. The third-order valence-corrected chi connectivity index (χ3v) is 4.63. The maximum atomic E-state index is 5.74. The molecule has 1 aromatic heterocycles. The maximum Gasteiger partial charge on any atom is 0.161 e. The molecule has 4 nitrogen and oxygen atoms in total. The van der Waals surface area contributed by atoms with Crippen LogP contribution in [0.15, 0.2) is 34.1 Å². The number of nitrogens with one attached hydrogen (secondary N) is 1. The Kier molecular flexibility index (Phi) is 6.05. The van der Waals surface area contributed by atoms with Crippen molar-refractivity contribution >= 4 is 27.3 Å². The molecule has 0 aliphatic carbocycles. The van der Waals surface area contributed by atoms with Crippen molar-refractivity contribution in [2.24, 2.45) is 5.84 Å². The van der Waals surface area contributed by atoms with Crippen molar-refractivity contribution in [3.8, 4) is 11.5 Å². The molecule has 0 saturated heterocycles. The van der Waals surface area contributed by atoms with Crippen molar-refractivity contribution < 1.29 is 9.47 Å². The first-order chi connectivity index (χ1) is 10.2. The number of hydrogen-bond donors (Lipinski definition) is 2. The Morgan fingerprint density at radius 3 is 2.43 bits per heavy atom. The van der Waals surface area contributed by atoms with Crippen LogP contribution < -0.4 is 20.7 Å². The molecule has 1 aromatic carbocycles. The standard InChI is InChI=1S/C15H19BrN2O2S/c1-3-19-11-6-5-10(9-12(11)20-4-2)15(18-17)13-7-8-14(16)21-13/h5-9,15,18H,3-4,17H2,1-2H3. The smallest absolute Gasteiger partial charge is 0.161 e. The van der Waals surface area contributed by atoms with E-state index in [1.54, 1.807) is 11.3 Å². The van der Waals surface area contributed by atoms with Gasteiger partial charge < -0.3 is 9.47 Å². The van der Waals surface area contributed by atoms with Crippen LogP contribution in [0.4, 0.5) is 0 Å². The van der Waals surface area contributed by atoms with Crippen LogP contribution in [0.25, 0.3) is 0 Å². The lowest BCUT2D eigenvalue weighted by molar-refractivity contribution is 0.287. The van der Waals surface area contributed by atoms with Crippen molar-refractivity contribution in [3.05, 3.63) is 44.6 Å². The van der Waals surface area contributed by atoms with Gasteiger partial charge in [-0.1, -0.05) is 6.07 Å². The van der Waals surface area contributed by atoms with Gasteiger partial charge in [-0.15, -0.1) is 11.3 Å². The second kappa shape index (κ2) is 7.79. The van der Waals surface area contributed by atoms with E-state index in [1.165, 1.54) is 0 Å². The van der Waals surface area contributed by atoms with E-state index in [0.717, 1.165) is 25.7 Å². The second-order valence-corrected chi connectivity index (χ2v) is 6.81. The Morgan fingerprint density at radius 1 is 1.14 bits per heavy atom. The van der Waals surface area contributed by atoms with Gasteiger partial charge in [0, 0.05) is 4.88 Å². The van der Waals surface area contributed by atoms with Crippen LogP contribution in [0, 0.1) is 0 Å². The van der Waals surface area contributed by atoms with Crippen LogP contribution in [0.1, 0.15) is 30.3 Å². The summed E-state index contributed by atoms with van der Waals surface area (Å²) in [5, 5.41) is 0. The van der Waals surface area contributed by atoms with Gasteiger partial charge in [-0.3, -0.25) is 5.84 Å².